The van der Waals surface area contributed by atoms with E-state index in [0.29, 0.717) is 29.4 Å². The average molecular weight is 615 g/mol. The van der Waals surface area contributed by atoms with Crippen molar-refractivity contribution >= 4 is 41.3 Å². The van der Waals surface area contributed by atoms with Crippen LogP contribution < -0.4 is 16.0 Å². The van der Waals surface area contributed by atoms with Crippen molar-refractivity contribution in [3.8, 4) is 0 Å². The van der Waals surface area contributed by atoms with Gasteiger partial charge in [0.05, 0.1) is 22.1 Å². The molecule has 0 heterocycles. The predicted octanol–water partition coefficient (Wildman–Crippen LogP) is 6.47. The zero-order chi connectivity index (χ0) is 30.5. The molecule has 8 nitrogen and oxygen atoms in total. The Hall–Kier alpha value is -3.75. The molecule has 0 fully saturated rings. The lowest BCUT2D eigenvalue weighted by atomic mass is 9.96. The van der Waals surface area contributed by atoms with Gasteiger partial charge in [0.2, 0.25) is 5.91 Å². The third-order valence-electron chi connectivity index (χ3n) is 6.13. The third-order valence-corrected chi connectivity index (χ3v) is 6.87. The van der Waals surface area contributed by atoms with Crippen LogP contribution in [0.4, 0.5) is 9.59 Å². The fourth-order valence-electron chi connectivity index (χ4n) is 4.14. The normalized spacial score (nSPS) is 12.5. The maximum Gasteiger partial charge on any atom is 0.407 e. The molecule has 0 aromatic heterocycles. The number of alkyl carbamates (subject to hydrolysis) is 2. The fourth-order valence-corrected chi connectivity index (χ4v) is 4.46. The van der Waals surface area contributed by atoms with Crippen LogP contribution in [0.3, 0.4) is 0 Å². The molecular formula is C32H37Cl2N3O5. The number of hydrogen-bond donors (Lipinski definition) is 3. The highest BCUT2D eigenvalue weighted by molar-refractivity contribution is 6.42. The molecule has 224 valence electrons. The Morgan fingerprint density at radius 1 is 0.762 bits per heavy atom. The van der Waals surface area contributed by atoms with E-state index >= 15 is 0 Å². The molecule has 0 aliphatic heterocycles. The van der Waals surface area contributed by atoms with E-state index in [2.05, 4.69) is 16.0 Å². The number of rotatable bonds is 12. The number of halogens is 2. The summed E-state index contributed by atoms with van der Waals surface area (Å²) in [5.41, 5.74) is 1.90. The zero-order valence-electron chi connectivity index (χ0n) is 24.0. The Bertz CT molecular complexity index is 1320. The summed E-state index contributed by atoms with van der Waals surface area (Å²) in [7, 11) is 0. The first-order valence-electron chi connectivity index (χ1n) is 13.7. The van der Waals surface area contributed by atoms with Crippen LogP contribution in [0.25, 0.3) is 0 Å². The molecule has 10 heteroatoms. The number of carbonyl (C=O) groups is 3. The Kier molecular flexibility index (Phi) is 12.5. The highest BCUT2D eigenvalue weighted by atomic mass is 35.5. The number of nitrogens with one attached hydrogen (secondary N) is 3. The quantitative estimate of drug-likeness (QED) is 0.217. The summed E-state index contributed by atoms with van der Waals surface area (Å²) in [6.07, 6.45) is -0.622. The second kappa shape index (κ2) is 16.0. The molecule has 0 saturated heterocycles. The van der Waals surface area contributed by atoms with E-state index in [-0.39, 0.29) is 18.9 Å². The molecule has 0 aliphatic rings. The van der Waals surface area contributed by atoms with Crippen LogP contribution in [-0.4, -0.2) is 42.3 Å². The van der Waals surface area contributed by atoms with Crippen LogP contribution in [-0.2, 0) is 33.7 Å². The van der Waals surface area contributed by atoms with Gasteiger partial charge in [-0.3, -0.25) is 4.79 Å². The minimum Gasteiger partial charge on any atom is -0.445 e. The molecule has 0 aliphatic carbocycles. The number of carbonyl (C=O) groups excluding carboxylic acids is 3. The fraction of sp³-hybridized carbons (Fsp3) is 0.344. The number of benzene rings is 3. The van der Waals surface area contributed by atoms with Gasteiger partial charge in [-0.25, -0.2) is 9.59 Å². The van der Waals surface area contributed by atoms with E-state index in [0.717, 1.165) is 16.7 Å². The molecule has 0 radical (unpaired) electrons. The summed E-state index contributed by atoms with van der Waals surface area (Å²) in [4.78, 5) is 38.8. The topological polar surface area (TPSA) is 106 Å². The number of amides is 3. The van der Waals surface area contributed by atoms with Crippen LogP contribution in [0.15, 0.2) is 78.9 Å². The summed E-state index contributed by atoms with van der Waals surface area (Å²) < 4.78 is 10.9. The van der Waals surface area contributed by atoms with Gasteiger partial charge < -0.3 is 25.4 Å². The van der Waals surface area contributed by atoms with E-state index < -0.39 is 29.9 Å². The Balaban J connectivity index is 1.74. The summed E-state index contributed by atoms with van der Waals surface area (Å²) in [5, 5.41) is 9.45. The van der Waals surface area contributed by atoms with Gasteiger partial charge in [-0.1, -0.05) is 89.9 Å². The van der Waals surface area contributed by atoms with Gasteiger partial charge in [-0.05, 0) is 62.4 Å². The van der Waals surface area contributed by atoms with Crippen molar-refractivity contribution in [2.75, 3.05) is 6.54 Å². The van der Waals surface area contributed by atoms with E-state index in [1.54, 1.807) is 32.9 Å². The van der Waals surface area contributed by atoms with Crippen molar-refractivity contribution in [3.05, 3.63) is 106 Å². The van der Waals surface area contributed by atoms with Crippen LogP contribution in [0.2, 0.25) is 10.0 Å². The molecule has 3 aromatic carbocycles. The van der Waals surface area contributed by atoms with E-state index in [4.69, 9.17) is 32.7 Å². The average Bonchev–Trinajstić information content (AvgIpc) is 2.93. The van der Waals surface area contributed by atoms with Crippen molar-refractivity contribution in [3.63, 3.8) is 0 Å². The first-order chi connectivity index (χ1) is 20.0. The van der Waals surface area contributed by atoms with Gasteiger partial charge >= 0.3 is 12.2 Å². The molecule has 2 atom stereocenters. The van der Waals surface area contributed by atoms with Gasteiger partial charge in [0.25, 0.3) is 0 Å². The van der Waals surface area contributed by atoms with E-state index in [1.807, 2.05) is 66.7 Å². The van der Waals surface area contributed by atoms with E-state index in [9.17, 15) is 14.4 Å². The highest BCUT2D eigenvalue weighted by Crippen LogP contribution is 2.22. The largest absolute Gasteiger partial charge is 0.445 e. The maximum atomic E-state index is 13.1. The SMILES string of the molecule is CC(C)(C)OC(=O)NC(Cc1ccccc1)[C@H](CC(=O)NCCc1ccc(Cl)c(Cl)c1)NC(=O)OCc1ccccc1. The highest BCUT2D eigenvalue weighted by Gasteiger charge is 2.30. The van der Waals surface area contributed by atoms with Crippen molar-refractivity contribution in [2.24, 2.45) is 0 Å². The molecule has 3 amide bonds. The molecular weight excluding hydrogens is 577 g/mol. The van der Waals surface area contributed by atoms with Gasteiger partial charge in [0, 0.05) is 13.0 Å². The predicted molar refractivity (Wildman–Crippen MR) is 165 cm³/mol. The van der Waals surface area contributed by atoms with Gasteiger partial charge in [0.1, 0.15) is 12.2 Å². The molecule has 0 spiro atoms. The van der Waals surface area contributed by atoms with Crippen molar-refractivity contribution in [1.82, 2.24) is 16.0 Å². The standard InChI is InChI=1S/C32H37Cl2N3O5/c1-32(2,3)42-31(40)37-27(19-22-10-6-4-7-11-22)28(36-30(39)41-21-24-12-8-5-9-13-24)20-29(38)35-17-16-23-14-15-25(33)26(34)18-23/h4-15,18,27-28H,16-17,19-21H2,1-3H3,(H,35,38)(H,36,39)(H,37,40)/t27?,28-/m0/s1. The van der Waals surface area contributed by atoms with Crippen LogP contribution in [0.1, 0.15) is 43.9 Å². The minimum absolute atomic E-state index is 0.0537. The lowest BCUT2D eigenvalue weighted by molar-refractivity contribution is -0.121. The van der Waals surface area contributed by atoms with Crippen molar-refractivity contribution in [2.45, 2.75) is 64.3 Å². The van der Waals surface area contributed by atoms with Gasteiger partial charge in [0.15, 0.2) is 0 Å². The van der Waals surface area contributed by atoms with Crippen molar-refractivity contribution < 1.29 is 23.9 Å². The minimum atomic E-state index is -0.814. The Labute approximate surface area is 257 Å². The first-order valence-corrected chi connectivity index (χ1v) is 14.5. The second-order valence-electron chi connectivity index (χ2n) is 10.8. The molecule has 42 heavy (non-hydrogen) atoms. The van der Waals surface area contributed by atoms with Crippen LogP contribution in [0.5, 0.6) is 0 Å². The second-order valence-corrected chi connectivity index (χ2v) is 11.6. The molecule has 3 rings (SSSR count). The molecule has 0 bridgehead atoms. The van der Waals surface area contributed by atoms with E-state index in [1.165, 1.54) is 0 Å². The maximum absolute atomic E-state index is 13.1. The van der Waals surface area contributed by atoms with Crippen LogP contribution in [0, 0.1) is 0 Å². The lowest BCUT2D eigenvalue weighted by Gasteiger charge is -2.30. The molecule has 3 N–H and O–H groups in total. The zero-order valence-corrected chi connectivity index (χ0v) is 25.5. The van der Waals surface area contributed by atoms with Crippen LogP contribution >= 0.6 is 23.2 Å². The summed E-state index contributed by atoms with van der Waals surface area (Å²) in [6, 6.07) is 22.5. The monoisotopic (exact) mass is 613 g/mol. The Morgan fingerprint density at radius 3 is 2.00 bits per heavy atom. The van der Waals surface area contributed by atoms with Gasteiger partial charge in [-0.15, -0.1) is 0 Å². The number of ether oxygens (including phenoxy) is 2. The van der Waals surface area contributed by atoms with Gasteiger partial charge in [-0.2, -0.15) is 0 Å². The molecule has 0 saturated carbocycles. The smallest absolute Gasteiger partial charge is 0.407 e. The number of hydrogen-bond acceptors (Lipinski definition) is 5. The molecule has 3 aromatic rings. The summed E-state index contributed by atoms with van der Waals surface area (Å²) in [5.74, 6) is -0.313. The summed E-state index contributed by atoms with van der Waals surface area (Å²) >= 11 is 12.1. The van der Waals surface area contributed by atoms with Crippen molar-refractivity contribution in [1.29, 1.82) is 0 Å². The lowest BCUT2D eigenvalue weighted by Crippen LogP contribution is -2.55. The third kappa shape index (κ3) is 12.0. The molecule has 1 unspecified atom stereocenters. The summed E-state index contributed by atoms with van der Waals surface area (Å²) in [6.45, 7) is 5.67. The Morgan fingerprint density at radius 2 is 1.38 bits per heavy atom. The first kappa shape index (κ1) is 32.8.